The lowest BCUT2D eigenvalue weighted by Gasteiger charge is -2.25. The fourth-order valence-electron chi connectivity index (χ4n) is 2.10. The van der Waals surface area contributed by atoms with Gasteiger partial charge in [-0.2, -0.15) is 0 Å². The van der Waals surface area contributed by atoms with Crippen LogP contribution < -0.4 is 5.32 Å². The van der Waals surface area contributed by atoms with Gasteiger partial charge in [0.25, 0.3) is 0 Å². The molecule has 0 bridgehead atoms. The maximum absolute atomic E-state index is 12.9. The SMILES string of the molecule is CCCC(CNC(=O)C(C)(C)c1ccc(F)cc1)C(=O)O. The van der Waals surface area contributed by atoms with Crippen LogP contribution in [0.1, 0.15) is 39.2 Å². The van der Waals surface area contributed by atoms with Crippen molar-refractivity contribution in [2.45, 2.75) is 39.0 Å². The second-order valence-corrected chi connectivity index (χ2v) is 5.67. The number of rotatable bonds is 7. The molecule has 0 aromatic heterocycles. The van der Waals surface area contributed by atoms with Gasteiger partial charge in [0, 0.05) is 6.54 Å². The molecular formula is C16H22FNO3. The van der Waals surface area contributed by atoms with Crippen molar-refractivity contribution >= 4 is 11.9 Å². The first-order valence-electron chi connectivity index (χ1n) is 7.06. The molecule has 5 heteroatoms. The summed E-state index contributed by atoms with van der Waals surface area (Å²) in [5, 5.41) is 11.8. The van der Waals surface area contributed by atoms with Gasteiger partial charge in [0.15, 0.2) is 0 Å². The minimum atomic E-state index is -0.906. The highest BCUT2D eigenvalue weighted by Crippen LogP contribution is 2.23. The van der Waals surface area contributed by atoms with E-state index < -0.39 is 17.3 Å². The molecule has 0 aliphatic carbocycles. The van der Waals surface area contributed by atoms with Crippen LogP contribution in [0.15, 0.2) is 24.3 Å². The monoisotopic (exact) mass is 295 g/mol. The summed E-state index contributed by atoms with van der Waals surface area (Å²) >= 11 is 0. The van der Waals surface area contributed by atoms with Gasteiger partial charge in [-0.05, 0) is 38.0 Å². The highest BCUT2D eigenvalue weighted by molar-refractivity contribution is 5.87. The predicted molar refractivity (Wildman–Crippen MR) is 78.5 cm³/mol. The summed E-state index contributed by atoms with van der Waals surface area (Å²) in [6, 6.07) is 5.74. The lowest BCUT2D eigenvalue weighted by molar-refractivity contribution is -0.142. The smallest absolute Gasteiger partial charge is 0.308 e. The first kappa shape index (κ1) is 17.1. The molecule has 1 aromatic carbocycles. The van der Waals surface area contributed by atoms with Crippen LogP contribution in [-0.4, -0.2) is 23.5 Å². The van der Waals surface area contributed by atoms with E-state index in [1.807, 2.05) is 6.92 Å². The molecule has 2 N–H and O–H groups in total. The Hall–Kier alpha value is -1.91. The molecule has 4 nitrogen and oxygen atoms in total. The van der Waals surface area contributed by atoms with Crippen LogP contribution in [0.25, 0.3) is 0 Å². The standard InChI is InChI=1S/C16H22FNO3/c1-4-5-11(14(19)20)10-18-15(21)16(2,3)12-6-8-13(17)9-7-12/h6-9,11H,4-5,10H2,1-3H3,(H,18,21)(H,19,20). The molecule has 21 heavy (non-hydrogen) atoms. The fourth-order valence-corrected chi connectivity index (χ4v) is 2.10. The zero-order chi connectivity index (χ0) is 16.0. The number of carboxylic acid groups (broad SMARTS) is 1. The quantitative estimate of drug-likeness (QED) is 0.813. The summed E-state index contributed by atoms with van der Waals surface area (Å²) in [5.41, 5.74) is -0.160. The van der Waals surface area contributed by atoms with Gasteiger partial charge in [-0.1, -0.05) is 25.5 Å². The predicted octanol–water partition coefficient (Wildman–Crippen LogP) is 2.72. The van der Waals surface area contributed by atoms with Gasteiger partial charge in [-0.15, -0.1) is 0 Å². The van der Waals surface area contributed by atoms with E-state index in [1.54, 1.807) is 26.0 Å². The van der Waals surface area contributed by atoms with Crippen molar-refractivity contribution in [3.05, 3.63) is 35.6 Å². The minimum Gasteiger partial charge on any atom is -0.481 e. The van der Waals surface area contributed by atoms with E-state index >= 15 is 0 Å². The van der Waals surface area contributed by atoms with Gasteiger partial charge in [0.05, 0.1) is 11.3 Å². The number of aliphatic carboxylic acids is 1. The highest BCUT2D eigenvalue weighted by atomic mass is 19.1. The third-order valence-electron chi connectivity index (χ3n) is 3.63. The van der Waals surface area contributed by atoms with Crippen molar-refractivity contribution in [3.8, 4) is 0 Å². The first-order valence-corrected chi connectivity index (χ1v) is 7.06. The number of nitrogens with one attached hydrogen (secondary N) is 1. The summed E-state index contributed by atoms with van der Waals surface area (Å²) in [6.07, 6.45) is 1.26. The molecule has 0 saturated heterocycles. The lowest BCUT2D eigenvalue weighted by atomic mass is 9.83. The molecule has 1 aromatic rings. The first-order chi connectivity index (χ1) is 9.78. The number of benzene rings is 1. The molecule has 1 unspecified atom stereocenters. The molecule has 0 radical (unpaired) electrons. The molecule has 1 rings (SSSR count). The Labute approximate surface area is 124 Å². The van der Waals surface area contributed by atoms with Crippen LogP contribution in [0.2, 0.25) is 0 Å². The molecule has 1 atom stereocenters. The largest absolute Gasteiger partial charge is 0.481 e. The Morgan fingerprint density at radius 2 is 1.86 bits per heavy atom. The summed E-state index contributed by atoms with van der Waals surface area (Å²) < 4.78 is 12.9. The topological polar surface area (TPSA) is 66.4 Å². The van der Waals surface area contributed by atoms with Gasteiger partial charge in [0.2, 0.25) is 5.91 Å². The molecule has 0 saturated carbocycles. The maximum atomic E-state index is 12.9. The fraction of sp³-hybridized carbons (Fsp3) is 0.500. The molecular weight excluding hydrogens is 273 g/mol. The average molecular weight is 295 g/mol. The van der Waals surface area contributed by atoms with Crippen LogP contribution in [0.4, 0.5) is 4.39 Å². The van der Waals surface area contributed by atoms with E-state index in [0.29, 0.717) is 12.0 Å². The Balaban J connectivity index is 2.73. The number of carboxylic acids is 1. The van der Waals surface area contributed by atoms with Gasteiger partial charge >= 0.3 is 5.97 Å². The Morgan fingerprint density at radius 1 is 1.29 bits per heavy atom. The van der Waals surface area contributed by atoms with E-state index in [1.165, 1.54) is 12.1 Å². The van der Waals surface area contributed by atoms with Crippen LogP contribution in [-0.2, 0) is 15.0 Å². The zero-order valence-corrected chi connectivity index (χ0v) is 12.6. The lowest BCUT2D eigenvalue weighted by Crippen LogP contribution is -2.43. The third-order valence-corrected chi connectivity index (χ3v) is 3.63. The van der Waals surface area contributed by atoms with E-state index in [4.69, 9.17) is 5.11 Å². The van der Waals surface area contributed by atoms with Gasteiger partial charge in [-0.3, -0.25) is 9.59 Å². The van der Waals surface area contributed by atoms with E-state index in [2.05, 4.69) is 5.32 Å². The number of carbonyl (C=O) groups is 2. The molecule has 0 spiro atoms. The molecule has 0 aliphatic rings. The minimum absolute atomic E-state index is 0.104. The molecule has 0 fully saturated rings. The van der Waals surface area contributed by atoms with Crippen molar-refractivity contribution in [2.75, 3.05) is 6.54 Å². The molecule has 0 aliphatic heterocycles. The maximum Gasteiger partial charge on any atom is 0.308 e. The molecule has 1 amide bonds. The summed E-state index contributed by atoms with van der Waals surface area (Å²) in [4.78, 5) is 23.3. The van der Waals surface area contributed by atoms with E-state index in [-0.39, 0.29) is 18.3 Å². The van der Waals surface area contributed by atoms with E-state index in [0.717, 1.165) is 6.42 Å². The average Bonchev–Trinajstić information content (AvgIpc) is 2.43. The van der Waals surface area contributed by atoms with Crippen LogP contribution >= 0.6 is 0 Å². The molecule has 0 heterocycles. The third kappa shape index (κ3) is 4.55. The van der Waals surface area contributed by atoms with Crippen molar-refractivity contribution in [1.29, 1.82) is 0 Å². The van der Waals surface area contributed by atoms with Crippen molar-refractivity contribution < 1.29 is 19.1 Å². The van der Waals surface area contributed by atoms with Crippen molar-refractivity contribution in [1.82, 2.24) is 5.32 Å². The number of amides is 1. The Morgan fingerprint density at radius 3 is 2.33 bits per heavy atom. The van der Waals surface area contributed by atoms with Crippen LogP contribution in [0, 0.1) is 11.7 Å². The normalized spacial score (nSPS) is 12.8. The number of hydrogen-bond donors (Lipinski definition) is 2. The van der Waals surface area contributed by atoms with Gasteiger partial charge in [-0.25, -0.2) is 4.39 Å². The van der Waals surface area contributed by atoms with Crippen LogP contribution in [0.3, 0.4) is 0 Å². The highest BCUT2D eigenvalue weighted by Gasteiger charge is 2.30. The number of halogens is 1. The molecule has 116 valence electrons. The Kier molecular flexibility index (Phi) is 5.88. The van der Waals surface area contributed by atoms with Crippen LogP contribution in [0.5, 0.6) is 0 Å². The number of hydrogen-bond acceptors (Lipinski definition) is 2. The van der Waals surface area contributed by atoms with E-state index in [9.17, 15) is 14.0 Å². The Bertz CT molecular complexity index is 497. The van der Waals surface area contributed by atoms with Crippen molar-refractivity contribution in [3.63, 3.8) is 0 Å². The summed E-state index contributed by atoms with van der Waals surface area (Å²) in [7, 11) is 0. The zero-order valence-electron chi connectivity index (χ0n) is 12.6. The number of carbonyl (C=O) groups excluding carboxylic acids is 1. The van der Waals surface area contributed by atoms with Gasteiger partial charge < -0.3 is 10.4 Å². The second-order valence-electron chi connectivity index (χ2n) is 5.67. The second kappa shape index (κ2) is 7.20. The van der Waals surface area contributed by atoms with Gasteiger partial charge in [0.1, 0.15) is 5.82 Å². The van der Waals surface area contributed by atoms with Crippen molar-refractivity contribution in [2.24, 2.45) is 5.92 Å². The summed E-state index contributed by atoms with van der Waals surface area (Å²) in [6.45, 7) is 5.46. The summed E-state index contributed by atoms with van der Waals surface area (Å²) in [5.74, 6) is -2.11.